The summed E-state index contributed by atoms with van der Waals surface area (Å²) in [6.07, 6.45) is 1.94. The van der Waals surface area contributed by atoms with E-state index in [2.05, 4.69) is 41.1 Å². The molecule has 1 heterocycles. The van der Waals surface area contributed by atoms with Crippen molar-refractivity contribution >= 4 is 0 Å². The van der Waals surface area contributed by atoms with Crippen LogP contribution in [0.15, 0.2) is 41.3 Å². The second-order valence-corrected chi connectivity index (χ2v) is 4.79. The highest BCUT2D eigenvalue weighted by atomic mass is 16.1. The molecule has 2 rings (SSSR count). The third-order valence-corrected chi connectivity index (χ3v) is 3.20. The zero-order chi connectivity index (χ0) is 13.8. The molecule has 2 aromatic rings. The minimum atomic E-state index is 0.0989. The molecular formula is C16H20N2O. The molecule has 0 bridgehead atoms. The highest BCUT2D eigenvalue weighted by Gasteiger charge is 2.05. The zero-order valence-corrected chi connectivity index (χ0v) is 11.7. The van der Waals surface area contributed by atoms with Crippen molar-refractivity contribution in [3.63, 3.8) is 0 Å². The first-order valence-electron chi connectivity index (χ1n) is 6.61. The molecule has 0 unspecified atom stereocenters. The summed E-state index contributed by atoms with van der Waals surface area (Å²) in [6, 6.07) is 10.0. The molecule has 3 heteroatoms. The summed E-state index contributed by atoms with van der Waals surface area (Å²) in [7, 11) is 0. The maximum Gasteiger partial charge on any atom is 0.186 e. The van der Waals surface area contributed by atoms with E-state index >= 15 is 0 Å². The number of hydrogen-bond acceptors (Lipinski definition) is 2. The highest BCUT2D eigenvalue weighted by molar-refractivity contribution is 5.37. The van der Waals surface area contributed by atoms with E-state index in [-0.39, 0.29) is 5.43 Å². The summed E-state index contributed by atoms with van der Waals surface area (Å²) in [5.41, 5.74) is 4.17. The highest BCUT2D eigenvalue weighted by Crippen LogP contribution is 2.12. The predicted molar refractivity (Wildman–Crippen MR) is 78.9 cm³/mol. The number of benzene rings is 1. The van der Waals surface area contributed by atoms with Crippen molar-refractivity contribution < 1.29 is 0 Å². The number of aromatic nitrogens is 1. The number of hydrogen-bond donors (Lipinski definition) is 1. The quantitative estimate of drug-likeness (QED) is 0.912. The van der Waals surface area contributed by atoms with Crippen molar-refractivity contribution in [3.05, 3.63) is 63.6 Å². The monoisotopic (exact) mass is 256 g/mol. The summed E-state index contributed by atoms with van der Waals surface area (Å²) in [6.45, 7) is 7.53. The smallest absolute Gasteiger partial charge is 0.186 e. The maximum atomic E-state index is 11.9. The minimum absolute atomic E-state index is 0.0989. The standard InChI is InChI=1S/C16H20N2O/c1-4-17-10-14-11-18(13(3)9-16(14)19)15-7-5-12(2)6-8-15/h5-9,11,17H,4,10H2,1-3H3. The molecule has 3 nitrogen and oxygen atoms in total. The van der Waals surface area contributed by atoms with Gasteiger partial charge in [-0.1, -0.05) is 24.6 Å². The van der Waals surface area contributed by atoms with E-state index in [9.17, 15) is 4.79 Å². The van der Waals surface area contributed by atoms with Crippen molar-refractivity contribution in [2.45, 2.75) is 27.3 Å². The van der Waals surface area contributed by atoms with Gasteiger partial charge in [-0.05, 0) is 32.5 Å². The van der Waals surface area contributed by atoms with Crippen LogP contribution in [-0.2, 0) is 6.54 Å². The third-order valence-electron chi connectivity index (χ3n) is 3.20. The maximum absolute atomic E-state index is 11.9. The lowest BCUT2D eigenvalue weighted by molar-refractivity contribution is 0.716. The van der Waals surface area contributed by atoms with Gasteiger partial charge in [0.2, 0.25) is 0 Å². The third kappa shape index (κ3) is 3.12. The van der Waals surface area contributed by atoms with Gasteiger partial charge in [-0.25, -0.2) is 0 Å². The Hall–Kier alpha value is -1.87. The summed E-state index contributed by atoms with van der Waals surface area (Å²) in [5.74, 6) is 0. The summed E-state index contributed by atoms with van der Waals surface area (Å²) in [4.78, 5) is 11.9. The lowest BCUT2D eigenvalue weighted by atomic mass is 10.2. The molecule has 0 aliphatic carbocycles. The average Bonchev–Trinajstić information content (AvgIpc) is 2.39. The molecule has 0 saturated carbocycles. The van der Waals surface area contributed by atoms with E-state index in [0.717, 1.165) is 23.5 Å². The molecule has 1 aromatic carbocycles. The Balaban J connectivity index is 2.45. The normalized spacial score (nSPS) is 10.7. The fourth-order valence-electron chi connectivity index (χ4n) is 2.05. The van der Waals surface area contributed by atoms with E-state index in [0.29, 0.717) is 6.54 Å². The number of rotatable bonds is 4. The van der Waals surface area contributed by atoms with Gasteiger partial charge < -0.3 is 9.88 Å². The minimum Gasteiger partial charge on any atom is -0.321 e. The van der Waals surface area contributed by atoms with Gasteiger partial charge in [0.25, 0.3) is 0 Å². The topological polar surface area (TPSA) is 34.0 Å². The van der Waals surface area contributed by atoms with Gasteiger partial charge >= 0.3 is 0 Å². The van der Waals surface area contributed by atoms with Crippen LogP contribution in [0.5, 0.6) is 0 Å². The van der Waals surface area contributed by atoms with Gasteiger partial charge in [-0.2, -0.15) is 0 Å². The van der Waals surface area contributed by atoms with Crippen LogP contribution >= 0.6 is 0 Å². The molecule has 1 N–H and O–H groups in total. The van der Waals surface area contributed by atoms with Crippen molar-refractivity contribution in [1.29, 1.82) is 0 Å². The van der Waals surface area contributed by atoms with Crippen molar-refractivity contribution in [1.82, 2.24) is 9.88 Å². The summed E-state index contributed by atoms with van der Waals surface area (Å²) >= 11 is 0. The van der Waals surface area contributed by atoms with Gasteiger partial charge in [0.15, 0.2) is 5.43 Å². The van der Waals surface area contributed by atoms with E-state index in [4.69, 9.17) is 0 Å². The first-order chi connectivity index (χ1) is 9.11. The molecule has 1 aromatic heterocycles. The summed E-state index contributed by atoms with van der Waals surface area (Å²) < 4.78 is 2.06. The van der Waals surface area contributed by atoms with Gasteiger partial charge in [-0.3, -0.25) is 4.79 Å². The lowest BCUT2D eigenvalue weighted by Gasteiger charge is -2.13. The van der Waals surface area contributed by atoms with E-state index in [1.807, 2.05) is 20.0 Å². The van der Waals surface area contributed by atoms with Crippen molar-refractivity contribution in [2.75, 3.05) is 6.54 Å². The van der Waals surface area contributed by atoms with Crippen LogP contribution in [0.4, 0.5) is 0 Å². The van der Waals surface area contributed by atoms with Gasteiger partial charge in [0.1, 0.15) is 0 Å². The van der Waals surface area contributed by atoms with Crippen LogP contribution in [0.1, 0.15) is 23.7 Å². The van der Waals surface area contributed by atoms with Gasteiger partial charge in [0.05, 0.1) is 0 Å². The number of aryl methyl sites for hydroxylation is 2. The molecular weight excluding hydrogens is 236 g/mol. The molecule has 0 saturated heterocycles. The van der Waals surface area contributed by atoms with Crippen molar-refractivity contribution in [3.8, 4) is 5.69 Å². The van der Waals surface area contributed by atoms with E-state index in [1.54, 1.807) is 6.07 Å². The lowest BCUT2D eigenvalue weighted by Crippen LogP contribution is -2.21. The van der Waals surface area contributed by atoms with Gasteiger partial charge in [-0.15, -0.1) is 0 Å². The van der Waals surface area contributed by atoms with E-state index in [1.165, 1.54) is 5.56 Å². The van der Waals surface area contributed by atoms with Crippen LogP contribution in [-0.4, -0.2) is 11.1 Å². The van der Waals surface area contributed by atoms with Crippen LogP contribution in [0, 0.1) is 13.8 Å². The van der Waals surface area contributed by atoms with Crippen LogP contribution in [0.2, 0.25) is 0 Å². The Labute approximate surface area is 113 Å². The molecule has 0 spiro atoms. The molecule has 0 atom stereocenters. The zero-order valence-electron chi connectivity index (χ0n) is 11.7. The average molecular weight is 256 g/mol. The molecule has 100 valence electrons. The molecule has 0 aliphatic rings. The van der Waals surface area contributed by atoms with Crippen LogP contribution < -0.4 is 10.7 Å². The van der Waals surface area contributed by atoms with E-state index < -0.39 is 0 Å². The Kier molecular flexibility index (Phi) is 4.17. The predicted octanol–water partition coefficient (Wildman–Crippen LogP) is 2.56. The number of pyridine rings is 1. The largest absolute Gasteiger partial charge is 0.321 e. The summed E-state index contributed by atoms with van der Waals surface area (Å²) in [5, 5.41) is 3.20. The number of nitrogens with zero attached hydrogens (tertiary/aromatic N) is 1. The fourth-order valence-corrected chi connectivity index (χ4v) is 2.05. The Morgan fingerprint density at radius 3 is 2.47 bits per heavy atom. The second kappa shape index (κ2) is 5.85. The molecule has 0 radical (unpaired) electrons. The number of nitrogens with one attached hydrogen (secondary N) is 1. The molecule has 0 amide bonds. The first kappa shape index (κ1) is 13.6. The Bertz CT molecular complexity index is 612. The van der Waals surface area contributed by atoms with Crippen LogP contribution in [0.25, 0.3) is 5.69 Å². The van der Waals surface area contributed by atoms with Crippen LogP contribution in [0.3, 0.4) is 0 Å². The van der Waals surface area contributed by atoms with Crippen molar-refractivity contribution in [2.24, 2.45) is 0 Å². The molecule has 0 fully saturated rings. The van der Waals surface area contributed by atoms with Gasteiger partial charge in [0, 0.05) is 35.8 Å². The Morgan fingerprint density at radius 2 is 1.84 bits per heavy atom. The fraction of sp³-hybridized carbons (Fsp3) is 0.312. The molecule has 19 heavy (non-hydrogen) atoms. The SMILES string of the molecule is CCNCc1cn(-c2ccc(C)cc2)c(C)cc1=O. The second-order valence-electron chi connectivity index (χ2n) is 4.79. The Morgan fingerprint density at radius 1 is 1.16 bits per heavy atom. The first-order valence-corrected chi connectivity index (χ1v) is 6.61. The molecule has 0 aliphatic heterocycles.